The summed E-state index contributed by atoms with van der Waals surface area (Å²) < 4.78 is 0. The molecular weight excluding hydrogens is 376 g/mol. The summed E-state index contributed by atoms with van der Waals surface area (Å²) >= 11 is 0. The number of hydrogen-bond acceptors (Lipinski definition) is 4. The molecule has 1 aromatic carbocycles. The van der Waals surface area contributed by atoms with Crippen LogP contribution in [0.3, 0.4) is 0 Å². The minimum atomic E-state index is -0.147. The second kappa shape index (κ2) is 8.86. The SMILES string of the molecule is C=CC(=O)NC1CCN(c2ccc(C(C)C(=O)Cc3cc(C4CC4)n[nH]3)cc2)CC1. The molecule has 4 rings (SSSR count). The summed E-state index contributed by atoms with van der Waals surface area (Å²) in [5, 5.41) is 10.3. The summed E-state index contributed by atoms with van der Waals surface area (Å²) in [5.74, 6) is 0.549. The third-order valence-electron chi connectivity index (χ3n) is 6.28. The first kappa shape index (κ1) is 20.4. The van der Waals surface area contributed by atoms with Gasteiger partial charge in [-0.15, -0.1) is 0 Å². The van der Waals surface area contributed by atoms with Crippen molar-refractivity contribution < 1.29 is 9.59 Å². The molecule has 0 radical (unpaired) electrons. The van der Waals surface area contributed by atoms with Crippen LogP contribution in [0.25, 0.3) is 0 Å². The Labute approximate surface area is 177 Å². The lowest BCUT2D eigenvalue weighted by Crippen LogP contribution is -2.44. The number of aromatic nitrogens is 2. The number of benzene rings is 1. The van der Waals surface area contributed by atoms with Crippen molar-refractivity contribution in [1.29, 1.82) is 0 Å². The zero-order chi connectivity index (χ0) is 21.1. The minimum absolute atomic E-state index is 0.102. The van der Waals surface area contributed by atoms with E-state index in [1.807, 2.05) is 13.0 Å². The summed E-state index contributed by atoms with van der Waals surface area (Å²) in [7, 11) is 0. The quantitative estimate of drug-likeness (QED) is 0.658. The summed E-state index contributed by atoms with van der Waals surface area (Å²) in [6.45, 7) is 7.28. The van der Waals surface area contributed by atoms with Crippen molar-refractivity contribution in [2.24, 2.45) is 0 Å². The molecule has 2 aliphatic rings. The second-order valence-electron chi connectivity index (χ2n) is 8.52. The number of H-pyrrole nitrogens is 1. The lowest BCUT2D eigenvalue weighted by Gasteiger charge is -2.34. The molecule has 30 heavy (non-hydrogen) atoms. The van der Waals surface area contributed by atoms with Crippen LogP contribution >= 0.6 is 0 Å². The first-order valence-electron chi connectivity index (χ1n) is 10.9. The standard InChI is InChI=1S/C24H30N4O2/c1-3-24(30)25-19-10-12-28(13-11-19)21-8-6-17(7-9-21)16(2)23(29)15-20-14-22(27-26-20)18-4-5-18/h3,6-9,14,16,18-19H,1,4-5,10-13,15H2,2H3,(H,25,30)(H,26,27). The molecule has 0 spiro atoms. The number of amides is 1. The van der Waals surface area contributed by atoms with Gasteiger partial charge in [0.25, 0.3) is 0 Å². The molecule has 2 heterocycles. The van der Waals surface area contributed by atoms with E-state index in [0.29, 0.717) is 12.3 Å². The lowest BCUT2D eigenvalue weighted by molar-refractivity contribution is -0.119. The van der Waals surface area contributed by atoms with E-state index >= 15 is 0 Å². The number of hydrogen-bond donors (Lipinski definition) is 2. The zero-order valence-corrected chi connectivity index (χ0v) is 17.6. The van der Waals surface area contributed by atoms with Gasteiger partial charge in [-0.2, -0.15) is 5.10 Å². The zero-order valence-electron chi connectivity index (χ0n) is 17.6. The van der Waals surface area contributed by atoms with Gasteiger partial charge in [0.05, 0.1) is 5.69 Å². The van der Waals surface area contributed by atoms with Crippen LogP contribution in [0.4, 0.5) is 5.69 Å². The molecule has 6 heteroatoms. The van der Waals surface area contributed by atoms with Gasteiger partial charge >= 0.3 is 0 Å². The Balaban J connectivity index is 1.30. The molecule has 1 amide bonds. The number of rotatable bonds is 8. The molecule has 1 unspecified atom stereocenters. The van der Waals surface area contributed by atoms with E-state index in [1.54, 1.807) is 0 Å². The average Bonchev–Trinajstić information content (AvgIpc) is 3.53. The number of carbonyl (C=O) groups is 2. The Hall–Kier alpha value is -2.89. The average molecular weight is 407 g/mol. The number of Topliss-reactive ketones (excluding diaryl/α,β-unsaturated/α-hetero) is 1. The largest absolute Gasteiger partial charge is 0.371 e. The van der Waals surface area contributed by atoms with Crippen molar-refractivity contribution in [2.45, 2.75) is 56.9 Å². The molecule has 2 aromatic rings. The van der Waals surface area contributed by atoms with Crippen molar-refractivity contribution in [3.05, 3.63) is 59.9 Å². The van der Waals surface area contributed by atoms with Crippen molar-refractivity contribution >= 4 is 17.4 Å². The van der Waals surface area contributed by atoms with Crippen LogP contribution in [0, 0.1) is 0 Å². The predicted molar refractivity (Wildman–Crippen MR) is 118 cm³/mol. The monoisotopic (exact) mass is 406 g/mol. The third kappa shape index (κ3) is 4.81. The van der Waals surface area contributed by atoms with E-state index < -0.39 is 0 Å². The Kier molecular flexibility index (Phi) is 6.02. The van der Waals surface area contributed by atoms with Crippen LogP contribution in [0.2, 0.25) is 0 Å². The van der Waals surface area contributed by atoms with Gasteiger partial charge in [0.15, 0.2) is 0 Å². The fraction of sp³-hybridized carbons (Fsp3) is 0.458. The van der Waals surface area contributed by atoms with Gasteiger partial charge in [-0.3, -0.25) is 14.7 Å². The maximum absolute atomic E-state index is 12.7. The molecule has 2 N–H and O–H groups in total. The molecule has 1 saturated carbocycles. The minimum Gasteiger partial charge on any atom is -0.371 e. The van der Waals surface area contributed by atoms with Gasteiger partial charge in [0.2, 0.25) is 5.91 Å². The predicted octanol–water partition coefficient (Wildman–Crippen LogP) is 3.47. The highest BCUT2D eigenvalue weighted by atomic mass is 16.1. The molecule has 0 bridgehead atoms. The topological polar surface area (TPSA) is 78.1 Å². The Morgan fingerprint density at radius 3 is 2.57 bits per heavy atom. The second-order valence-corrected chi connectivity index (χ2v) is 8.52. The van der Waals surface area contributed by atoms with E-state index in [4.69, 9.17) is 0 Å². The smallest absolute Gasteiger partial charge is 0.243 e. The summed E-state index contributed by atoms with van der Waals surface area (Å²) in [6.07, 6.45) is 5.98. The number of nitrogens with zero attached hydrogens (tertiary/aromatic N) is 2. The number of nitrogens with one attached hydrogen (secondary N) is 2. The van der Waals surface area contributed by atoms with Gasteiger partial charge in [-0.05, 0) is 55.5 Å². The maximum Gasteiger partial charge on any atom is 0.243 e. The molecule has 6 nitrogen and oxygen atoms in total. The summed E-state index contributed by atoms with van der Waals surface area (Å²) in [6, 6.07) is 10.6. The number of ketones is 1. The lowest BCUT2D eigenvalue weighted by atomic mass is 9.93. The third-order valence-corrected chi connectivity index (χ3v) is 6.28. The van der Waals surface area contributed by atoms with Crippen LogP contribution in [0.5, 0.6) is 0 Å². The van der Waals surface area contributed by atoms with E-state index in [2.05, 4.69) is 51.3 Å². The van der Waals surface area contributed by atoms with Gasteiger partial charge in [-0.25, -0.2) is 0 Å². The molecule has 1 aliphatic carbocycles. The normalized spacial score (nSPS) is 18.1. The van der Waals surface area contributed by atoms with Gasteiger partial charge < -0.3 is 10.2 Å². The number of carbonyl (C=O) groups excluding carboxylic acids is 2. The van der Waals surface area contributed by atoms with Gasteiger partial charge in [0, 0.05) is 48.8 Å². The van der Waals surface area contributed by atoms with Crippen LogP contribution in [0.15, 0.2) is 43.0 Å². The fourth-order valence-electron chi connectivity index (χ4n) is 4.10. The van der Waals surface area contributed by atoms with Crippen molar-refractivity contribution in [2.75, 3.05) is 18.0 Å². The highest BCUT2D eigenvalue weighted by Gasteiger charge is 2.27. The van der Waals surface area contributed by atoms with Crippen molar-refractivity contribution in [1.82, 2.24) is 15.5 Å². The number of anilines is 1. The highest BCUT2D eigenvalue weighted by Crippen LogP contribution is 2.39. The van der Waals surface area contributed by atoms with Crippen molar-refractivity contribution in [3.63, 3.8) is 0 Å². The Morgan fingerprint density at radius 2 is 1.93 bits per heavy atom. The number of aromatic amines is 1. The fourth-order valence-corrected chi connectivity index (χ4v) is 4.10. The van der Waals surface area contributed by atoms with Crippen LogP contribution < -0.4 is 10.2 Å². The summed E-state index contributed by atoms with van der Waals surface area (Å²) in [4.78, 5) is 26.5. The summed E-state index contributed by atoms with van der Waals surface area (Å²) in [5.41, 5.74) is 4.22. The van der Waals surface area contributed by atoms with Crippen LogP contribution in [-0.2, 0) is 16.0 Å². The van der Waals surface area contributed by atoms with Crippen LogP contribution in [0.1, 0.15) is 61.4 Å². The van der Waals surface area contributed by atoms with Crippen molar-refractivity contribution in [3.8, 4) is 0 Å². The molecule has 2 fully saturated rings. The Morgan fingerprint density at radius 1 is 1.23 bits per heavy atom. The van der Waals surface area contributed by atoms with Gasteiger partial charge in [-0.1, -0.05) is 25.6 Å². The molecular formula is C24H30N4O2. The van der Waals surface area contributed by atoms with E-state index in [-0.39, 0.29) is 23.7 Å². The molecule has 1 atom stereocenters. The first-order chi connectivity index (χ1) is 14.5. The van der Waals surface area contributed by atoms with Crippen LogP contribution in [-0.4, -0.2) is 41.0 Å². The number of piperidine rings is 1. The van der Waals surface area contributed by atoms with E-state index in [0.717, 1.165) is 48.6 Å². The molecule has 1 aliphatic heterocycles. The highest BCUT2D eigenvalue weighted by molar-refractivity contribution is 5.87. The maximum atomic E-state index is 12.7. The van der Waals surface area contributed by atoms with E-state index in [1.165, 1.54) is 18.9 Å². The Bertz CT molecular complexity index is 906. The first-order valence-corrected chi connectivity index (χ1v) is 10.9. The molecule has 1 aromatic heterocycles. The van der Waals surface area contributed by atoms with E-state index in [9.17, 15) is 9.59 Å². The van der Waals surface area contributed by atoms with Gasteiger partial charge in [0.1, 0.15) is 5.78 Å². The molecule has 158 valence electrons. The molecule has 1 saturated heterocycles.